The molecule has 1 aromatic rings. The zero-order valence-electron chi connectivity index (χ0n) is 7.48. The predicted molar refractivity (Wildman–Crippen MR) is 50.0 cm³/mol. The third-order valence-corrected chi connectivity index (χ3v) is 1.76. The van der Waals surface area contributed by atoms with Crippen LogP contribution >= 0.6 is 0 Å². The summed E-state index contributed by atoms with van der Waals surface area (Å²) in [5.41, 5.74) is 9.99. The maximum Gasteiger partial charge on any atom is 0.160 e. The molecule has 1 rings (SSSR count). The minimum atomic E-state index is -0.0829. The highest BCUT2D eigenvalue weighted by Gasteiger charge is 2.07. The van der Waals surface area contributed by atoms with Crippen LogP contribution in [-0.4, -0.2) is 5.78 Å². The molecular weight excluding hydrogens is 166 g/mol. The summed E-state index contributed by atoms with van der Waals surface area (Å²) >= 11 is 0. The van der Waals surface area contributed by atoms with Crippen LogP contribution in [0.4, 0.5) is 5.69 Å². The van der Waals surface area contributed by atoms with Crippen molar-refractivity contribution in [1.29, 1.82) is 0 Å². The second-order valence-electron chi connectivity index (χ2n) is 2.71. The molecule has 0 aliphatic carbocycles. The molecule has 0 atom stereocenters. The number of carbonyl (C=O) groups is 1. The van der Waals surface area contributed by atoms with Crippen molar-refractivity contribution in [2.75, 3.05) is 0 Å². The quantitative estimate of drug-likeness (QED) is 0.294. The molecular formula is C9H9N3O. The van der Waals surface area contributed by atoms with E-state index in [4.69, 9.17) is 5.53 Å². The van der Waals surface area contributed by atoms with Gasteiger partial charge in [0.2, 0.25) is 0 Å². The van der Waals surface area contributed by atoms with Crippen LogP contribution < -0.4 is 0 Å². The monoisotopic (exact) mass is 175 g/mol. The number of rotatable bonds is 2. The molecule has 0 amide bonds. The summed E-state index contributed by atoms with van der Waals surface area (Å²) < 4.78 is 0. The van der Waals surface area contributed by atoms with Gasteiger partial charge in [0.05, 0.1) is 0 Å². The third kappa shape index (κ3) is 1.86. The Kier molecular flexibility index (Phi) is 2.67. The molecule has 0 unspecified atom stereocenters. The van der Waals surface area contributed by atoms with Gasteiger partial charge in [-0.3, -0.25) is 4.79 Å². The van der Waals surface area contributed by atoms with E-state index in [9.17, 15) is 4.79 Å². The first-order valence-corrected chi connectivity index (χ1v) is 3.82. The number of carbonyl (C=O) groups excluding carboxylic acids is 1. The lowest BCUT2D eigenvalue weighted by Gasteiger charge is -2.03. The Morgan fingerprint density at radius 3 is 2.77 bits per heavy atom. The van der Waals surface area contributed by atoms with Crippen LogP contribution in [0.3, 0.4) is 0 Å². The van der Waals surface area contributed by atoms with E-state index in [-0.39, 0.29) is 5.78 Å². The summed E-state index contributed by atoms with van der Waals surface area (Å²) in [6.07, 6.45) is 0. The smallest absolute Gasteiger partial charge is 0.160 e. The Hall–Kier alpha value is -1.80. The molecule has 0 radical (unpaired) electrons. The Morgan fingerprint density at radius 1 is 1.54 bits per heavy atom. The van der Waals surface area contributed by atoms with Crippen LogP contribution in [-0.2, 0) is 0 Å². The molecule has 4 heteroatoms. The first kappa shape index (κ1) is 9.29. The number of benzene rings is 1. The van der Waals surface area contributed by atoms with E-state index in [1.165, 1.54) is 6.92 Å². The molecule has 0 fully saturated rings. The molecule has 0 aromatic heterocycles. The second-order valence-corrected chi connectivity index (χ2v) is 2.71. The molecule has 4 nitrogen and oxygen atoms in total. The highest BCUT2D eigenvalue weighted by molar-refractivity contribution is 6.00. The number of hydrogen-bond donors (Lipinski definition) is 0. The van der Waals surface area contributed by atoms with Crippen LogP contribution in [0.1, 0.15) is 22.8 Å². The lowest BCUT2D eigenvalue weighted by Crippen LogP contribution is -1.95. The zero-order valence-corrected chi connectivity index (χ0v) is 7.48. The van der Waals surface area contributed by atoms with Crippen molar-refractivity contribution in [3.05, 3.63) is 39.8 Å². The van der Waals surface area contributed by atoms with Crippen LogP contribution in [0.15, 0.2) is 23.3 Å². The lowest BCUT2D eigenvalue weighted by molar-refractivity contribution is 0.101. The fourth-order valence-electron chi connectivity index (χ4n) is 1.24. The van der Waals surface area contributed by atoms with Crippen molar-refractivity contribution in [2.24, 2.45) is 5.11 Å². The summed E-state index contributed by atoms with van der Waals surface area (Å²) in [6.45, 7) is 3.27. The van der Waals surface area contributed by atoms with Crippen LogP contribution in [0.2, 0.25) is 0 Å². The van der Waals surface area contributed by atoms with Crippen molar-refractivity contribution in [2.45, 2.75) is 13.8 Å². The minimum Gasteiger partial charge on any atom is -0.294 e. The zero-order chi connectivity index (χ0) is 9.84. The van der Waals surface area contributed by atoms with Crippen molar-refractivity contribution < 1.29 is 4.79 Å². The number of hydrogen-bond acceptors (Lipinski definition) is 2. The maximum atomic E-state index is 11.2. The summed E-state index contributed by atoms with van der Waals surface area (Å²) in [4.78, 5) is 13.8. The van der Waals surface area contributed by atoms with E-state index < -0.39 is 0 Å². The molecule has 0 saturated carbocycles. The van der Waals surface area contributed by atoms with Gasteiger partial charge < -0.3 is 0 Å². The average Bonchev–Trinajstić information content (AvgIpc) is 2.04. The molecule has 0 aliphatic heterocycles. The number of ketones is 1. The summed E-state index contributed by atoms with van der Waals surface area (Å²) in [5.74, 6) is -0.0829. The molecule has 0 bridgehead atoms. The number of nitrogens with zero attached hydrogens (tertiary/aromatic N) is 3. The summed E-state index contributed by atoms with van der Waals surface area (Å²) in [6, 6.07) is 5.20. The van der Waals surface area contributed by atoms with Gasteiger partial charge in [0.25, 0.3) is 0 Å². The van der Waals surface area contributed by atoms with E-state index >= 15 is 0 Å². The van der Waals surface area contributed by atoms with Gasteiger partial charge in [-0.15, -0.1) is 0 Å². The van der Waals surface area contributed by atoms with E-state index in [0.717, 1.165) is 5.56 Å². The van der Waals surface area contributed by atoms with Gasteiger partial charge in [-0.2, -0.15) is 0 Å². The van der Waals surface area contributed by atoms with Crippen molar-refractivity contribution in [1.82, 2.24) is 0 Å². The highest BCUT2D eigenvalue weighted by atomic mass is 16.1. The molecule has 1 aromatic carbocycles. The first-order chi connectivity index (χ1) is 6.16. The SMILES string of the molecule is CC(=O)c1c(C)cccc1N=[N+]=[N-]. The van der Waals surface area contributed by atoms with Gasteiger partial charge in [-0.25, -0.2) is 0 Å². The Morgan fingerprint density at radius 2 is 2.23 bits per heavy atom. The Labute approximate surface area is 75.8 Å². The predicted octanol–water partition coefficient (Wildman–Crippen LogP) is 3.14. The van der Waals surface area contributed by atoms with E-state index in [0.29, 0.717) is 11.3 Å². The van der Waals surface area contributed by atoms with Gasteiger partial charge in [-0.05, 0) is 24.9 Å². The number of azide groups is 1. The highest BCUT2D eigenvalue weighted by Crippen LogP contribution is 2.22. The van der Waals surface area contributed by atoms with Crippen LogP contribution in [0.5, 0.6) is 0 Å². The number of aryl methyl sites for hydroxylation is 1. The Balaban J connectivity index is 3.42. The van der Waals surface area contributed by atoms with Gasteiger partial charge in [0.1, 0.15) is 0 Å². The number of Topliss-reactive ketones (excluding diaryl/α,β-unsaturated/α-hetero) is 1. The average molecular weight is 175 g/mol. The Bertz CT molecular complexity index is 392. The van der Waals surface area contributed by atoms with Crippen LogP contribution in [0.25, 0.3) is 10.4 Å². The largest absolute Gasteiger partial charge is 0.294 e. The van der Waals surface area contributed by atoms with Gasteiger partial charge >= 0.3 is 0 Å². The van der Waals surface area contributed by atoms with Gasteiger partial charge in [-0.1, -0.05) is 23.3 Å². The van der Waals surface area contributed by atoms with Crippen molar-refractivity contribution >= 4 is 11.5 Å². The van der Waals surface area contributed by atoms with Crippen molar-refractivity contribution in [3.8, 4) is 0 Å². The first-order valence-electron chi connectivity index (χ1n) is 3.82. The van der Waals surface area contributed by atoms with E-state index in [2.05, 4.69) is 10.0 Å². The van der Waals surface area contributed by atoms with E-state index in [1.807, 2.05) is 13.0 Å². The molecule has 13 heavy (non-hydrogen) atoms. The maximum absolute atomic E-state index is 11.2. The van der Waals surface area contributed by atoms with E-state index in [1.54, 1.807) is 12.1 Å². The molecule has 0 aliphatic rings. The third-order valence-electron chi connectivity index (χ3n) is 1.76. The topological polar surface area (TPSA) is 65.8 Å². The molecule has 0 N–H and O–H groups in total. The van der Waals surface area contributed by atoms with Crippen LogP contribution in [0, 0.1) is 6.92 Å². The molecule has 0 spiro atoms. The van der Waals surface area contributed by atoms with Gasteiger partial charge in [0, 0.05) is 16.2 Å². The molecule has 0 saturated heterocycles. The summed E-state index contributed by atoms with van der Waals surface area (Å²) in [7, 11) is 0. The lowest BCUT2D eigenvalue weighted by atomic mass is 10.0. The van der Waals surface area contributed by atoms with Crippen molar-refractivity contribution in [3.63, 3.8) is 0 Å². The normalized spacial score (nSPS) is 9.08. The summed E-state index contributed by atoms with van der Waals surface area (Å²) in [5, 5.41) is 3.45. The second kappa shape index (κ2) is 3.74. The van der Waals surface area contributed by atoms with Gasteiger partial charge in [0.15, 0.2) is 5.78 Å². The standard InChI is InChI=1S/C9H9N3O/c1-6-4-3-5-8(11-12-10)9(6)7(2)13/h3-5H,1-2H3. The molecule has 66 valence electrons. The fraction of sp³-hybridized carbons (Fsp3) is 0.222. The fourth-order valence-corrected chi connectivity index (χ4v) is 1.24. The minimum absolute atomic E-state index is 0.0829. The molecule has 0 heterocycles.